The molecule has 0 aromatic heterocycles. The molecule has 47 heavy (non-hydrogen) atoms. The maximum absolute atomic E-state index is 12.3. The zero-order valence-electron chi connectivity index (χ0n) is 29.2. The van der Waals surface area contributed by atoms with Crippen LogP contribution >= 0.6 is 0 Å². The molecule has 264 valence electrons. The van der Waals surface area contributed by atoms with Crippen molar-refractivity contribution in [2.45, 2.75) is 73.4 Å². The molecule has 7 N–H and O–H groups in total. The van der Waals surface area contributed by atoms with E-state index < -0.39 is 35.8 Å². The van der Waals surface area contributed by atoms with E-state index in [1.165, 1.54) is 14.2 Å². The molecule has 13 heteroatoms. The van der Waals surface area contributed by atoms with Gasteiger partial charge in [0.05, 0.1) is 27.3 Å². The lowest BCUT2D eigenvalue weighted by Gasteiger charge is -2.21. The van der Waals surface area contributed by atoms with Crippen molar-refractivity contribution in [3.05, 3.63) is 54.6 Å². The number of rotatable bonds is 13. The van der Waals surface area contributed by atoms with Crippen molar-refractivity contribution in [3.63, 3.8) is 0 Å². The Labute approximate surface area is 279 Å². The number of hydrogen-bond acceptors (Lipinski definition) is 8. The second kappa shape index (κ2) is 26.6. The minimum atomic E-state index is -0.804. The molecule has 4 amide bonds. The van der Waals surface area contributed by atoms with Crippen molar-refractivity contribution in [1.29, 1.82) is 0 Å². The number of benzene rings is 2. The summed E-state index contributed by atoms with van der Waals surface area (Å²) in [5, 5.41) is 18.1. The van der Waals surface area contributed by atoms with Crippen LogP contribution in [-0.2, 0) is 24.0 Å². The number of nitrogens with one attached hydrogen (secondary N) is 4. The SMILES string of the molecule is CC(C)C.CCC(=O)O.COc1cc(NC(=O)CC(C)NC(=O)CNC(=O)C(NC(=O)CN)C(C)C)cc(OC)c1.c1ccccc1. The fraction of sp³-hybridized carbons (Fsp3) is 0.500. The summed E-state index contributed by atoms with van der Waals surface area (Å²) in [7, 11) is 3.01. The molecule has 2 unspecified atom stereocenters. The van der Waals surface area contributed by atoms with Crippen LogP contribution in [0, 0.1) is 11.8 Å². The second-order valence-corrected chi connectivity index (χ2v) is 11.2. The first-order chi connectivity index (χ1) is 22.1. The topological polar surface area (TPSA) is 198 Å². The van der Waals surface area contributed by atoms with Crippen molar-refractivity contribution in [2.75, 3.05) is 32.6 Å². The zero-order chi connectivity index (χ0) is 36.4. The number of carboxylic acid groups (broad SMARTS) is 1. The Hall–Kier alpha value is -4.65. The maximum Gasteiger partial charge on any atom is 0.303 e. The highest BCUT2D eigenvalue weighted by atomic mass is 16.5. The normalized spacial score (nSPS) is 11.0. The number of hydrogen-bond donors (Lipinski definition) is 6. The molecule has 2 rings (SSSR count). The average molecular weight is 662 g/mol. The summed E-state index contributed by atoms with van der Waals surface area (Å²) in [4.78, 5) is 57.6. The maximum atomic E-state index is 12.3. The molecule has 0 heterocycles. The molecule has 13 nitrogen and oxygen atoms in total. The Balaban J connectivity index is 0. The first kappa shape index (κ1) is 44.5. The van der Waals surface area contributed by atoms with E-state index in [4.69, 9.17) is 20.3 Å². The van der Waals surface area contributed by atoms with Crippen LogP contribution in [0.25, 0.3) is 0 Å². The third kappa shape index (κ3) is 25.3. The molecular formula is C34H55N5O8. The first-order valence-electron chi connectivity index (χ1n) is 15.4. The van der Waals surface area contributed by atoms with Gasteiger partial charge in [-0.25, -0.2) is 0 Å². The second-order valence-electron chi connectivity index (χ2n) is 11.2. The monoisotopic (exact) mass is 661 g/mol. The van der Waals surface area contributed by atoms with Gasteiger partial charge in [0.15, 0.2) is 0 Å². The van der Waals surface area contributed by atoms with E-state index in [-0.39, 0.29) is 37.8 Å². The molecule has 2 atom stereocenters. The van der Waals surface area contributed by atoms with Crippen molar-refractivity contribution < 1.29 is 38.6 Å². The number of carbonyl (C=O) groups is 5. The highest BCUT2D eigenvalue weighted by molar-refractivity contribution is 5.93. The molecule has 0 radical (unpaired) electrons. The summed E-state index contributed by atoms with van der Waals surface area (Å²) in [5.74, 6) is -0.781. The third-order valence-corrected chi connectivity index (χ3v) is 5.38. The van der Waals surface area contributed by atoms with Crippen LogP contribution in [0.2, 0.25) is 0 Å². The third-order valence-electron chi connectivity index (χ3n) is 5.38. The number of anilines is 1. The number of carboxylic acids is 1. The number of methoxy groups -OCH3 is 2. The Bertz CT molecular complexity index is 1140. The largest absolute Gasteiger partial charge is 0.497 e. The van der Waals surface area contributed by atoms with Gasteiger partial charge in [-0.3, -0.25) is 24.0 Å². The number of carbonyl (C=O) groups excluding carboxylic acids is 4. The Kier molecular flexibility index (Phi) is 25.1. The predicted molar refractivity (Wildman–Crippen MR) is 184 cm³/mol. The minimum absolute atomic E-state index is 0.0143. The summed E-state index contributed by atoms with van der Waals surface area (Å²) in [6.07, 6.45) is 0.236. The molecule has 0 aliphatic carbocycles. The van der Waals surface area contributed by atoms with Gasteiger partial charge in [0.2, 0.25) is 23.6 Å². The summed E-state index contributed by atoms with van der Waals surface area (Å²) in [6, 6.07) is 15.7. The Morgan fingerprint density at radius 1 is 0.766 bits per heavy atom. The van der Waals surface area contributed by atoms with Gasteiger partial charge in [-0.1, -0.05) is 77.9 Å². The molecule has 0 bridgehead atoms. The summed E-state index contributed by atoms with van der Waals surface area (Å²) < 4.78 is 10.3. The summed E-state index contributed by atoms with van der Waals surface area (Å²) >= 11 is 0. The van der Waals surface area contributed by atoms with Crippen LogP contribution in [0.1, 0.15) is 61.3 Å². The lowest BCUT2D eigenvalue weighted by Crippen LogP contribution is -2.53. The van der Waals surface area contributed by atoms with Gasteiger partial charge in [0.1, 0.15) is 17.5 Å². The molecule has 0 saturated heterocycles. The van der Waals surface area contributed by atoms with E-state index in [2.05, 4.69) is 42.0 Å². The number of amides is 4. The standard InChI is InChI=1S/C21H33N5O6.C6H6.C4H10.C3H6O2/c1-12(2)20(26-18(28)10-22)21(30)23-11-19(29)24-13(3)6-17(27)25-14-7-15(31-4)9-16(8-14)32-5;1-2-4-6-5-3-1;1-4(2)3;1-2-3(4)5/h7-9,12-13,20H,6,10-11,22H2,1-5H3,(H,23,30)(H,24,29)(H,25,27)(H,26,28);1-6H;4H,1-3H3;2H2,1H3,(H,4,5). The molecule has 0 fully saturated rings. The van der Waals surface area contributed by atoms with Gasteiger partial charge in [-0.05, 0) is 18.8 Å². The van der Waals surface area contributed by atoms with Crippen molar-refractivity contribution in [2.24, 2.45) is 17.6 Å². The van der Waals surface area contributed by atoms with Gasteiger partial charge < -0.3 is 41.6 Å². The van der Waals surface area contributed by atoms with E-state index in [1.807, 2.05) is 36.4 Å². The quantitative estimate of drug-likeness (QED) is 0.186. The molecular weight excluding hydrogens is 606 g/mol. The minimum Gasteiger partial charge on any atom is -0.497 e. The molecule has 2 aromatic rings. The van der Waals surface area contributed by atoms with Gasteiger partial charge in [0, 0.05) is 42.8 Å². The van der Waals surface area contributed by atoms with E-state index in [0.717, 1.165) is 5.92 Å². The Morgan fingerprint density at radius 2 is 1.21 bits per heavy atom. The Morgan fingerprint density at radius 3 is 1.57 bits per heavy atom. The zero-order valence-corrected chi connectivity index (χ0v) is 29.2. The summed E-state index contributed by atoms with van der Waals surface area (Å²) in [5.41, 5.74) is 5.76. The van der Waals surface area contributed by atoms with Crippen LogP contribution in [0.5, 0.6) is 11.5 Å². The van der Waals surface area contributed by atoms with E-state index >= 15 is 0 Å². The highest BCUT2D eigenvalue weighted by Crippen LogP contribution is 2.25. The van der Waals surface area contributed by atoms with Crippen molar-refractivity contribution in [3.8, 4) is 11.5 Å². The first-order valence-corrected chi connectivity index (χ1v) is 15.4. The molecule has 0 saturated carbocycles. The number of nitrogens with two attached hydrogens (primary N) is 1. The van der Waals surface area contributed by atoms with Gasteiger partial charge in [0.25, 0.3) is 0 Å². The van der Waals surface area contributed by atoms with Crippen LogP contribution in [0.3, 0.4) is 0 Å². The fourth-order valence-corrected chi connectivity index (χ4v) is 3.18. The average Bonchev–Trinajstić information content (AvgIpc) is 3.02. The molecule has 0 aliphatic heterocycles. The van der Waals surface area contributed by atoms with Crippen molar-refractivity contribution >= 4 is 35.3 Å². The van der Waals surface area contributed by atoms with E-state index in [1.54, 1.807) is 45.9 Å². The highest BCUT2D eigenvalue weighted by Gasteiger charge is 2.24. The molecule has 0 aliphatic rings. The fourth-order valence-electron chi connectivity index (χ4n) is 3.18. The van der Waals surface area contributed by atoms with Crippen LogP contribution in [0.15, 0.2) is 54.6 Å². The number of ether oxygens (including phenoxy) is 2. The van der Waals surface area contributed by atoms with Crippen LogP contribution < -0.4 is 36.5 Å². The van der Waals surface area contributed by atoms with Gasteiger partial charge in [-0.2, -0.15) is 0 Å². The molecule has 2 aromatic carbocycles. The summed E-state index contributed by atoms with van der Waals surface area (Å²) in [6.45, 7) is 12.8. The van der Waals surface area contributed by atoms with Gasteiger partial charge in [-0.15, -0.1) is 0 Å². The van der Waals surface area contributed by atoms with Crippen molar-refractivity contribution in [1.82, 2.24) is 16.0 Å². The predicted octanol–water partition coefficient (Wildman–Crippen LogP) is 3.58. The van der Waals surface area contributed by atoms with Crippen LogP contribution in [-0.4, -0.2) is 74.1 Å². The van der Waals surface area contributed by atoms with Crippen LogP contribution in [0.4, 0.5) is 5.69 Å². The molecule has 0 spiro atoms. The smallest absolute Gasteiger partial charge is 0.303 e. The lowest BCUT2D eigenvalue weighted by atomic mass is 10.0. The van der Waals surface area contributed by atoms with E-state index in [9.17, 15) is 24.0 Å². The van der Waals surface area contributed by atoms with Gasteiger partial charge >= 0.3 is 5.97 Å². The number of aliphatic carboxylic acids is 1. The van der Waals surface area contributed by atoms with E-state index in [0.29, 0.717) is 17.2 Å². The lowest BCUT2D eigenvalue weighted by molar-refractivity contribution is -0.136.